The molecule has 2 heterocycles. The zero-order chi connectivity index (χ0) is 19.2. The van der Waals surface area contributed by atoms with Crippen LogP contribution in [0.5, 0.6) is 0 Å². The van der Waals surface area contributed by atoms with Crippen LogP contribution < -0.4 is 0 Å². The van der Waals surface area contributed by atoms with Gasteiger partial charge in [0.05, 0.1) is 13.2 Å². The molecule has 2 unspecified atom stereocenters. The SMILES string of the molecule is OC(Cn1cncn1)(c1ccccc1)c1ccccc1COC1CCCCO1. The first-order valence-corrected chi connectivity index (χ1v) is 9.67. The first-order valence-electron chi connectivity index (χ1n) is 9.67. The molecule has 2 aromatic carbocycles. The quantitative estimate of drug-likeness (QED) is 0.682. The zero-order valence-electron chi connectivity index (χ0n) is 15.8. The van der Waals surface area contributed by atoms with E-state index in [1.807, 2.05) is 54.6 Å². The topological polar surface area (TPSA) is 69.4 Å². The monoisotopic (exact) mass is 379 g/mol. The van der Waals surface area contributed by atoms with Gasteiger partial charge in [0, 0.05) is 6.61 Å². The summed E-state index contributed by atoms with van der Waals surface area (Å²) in [7, 11) is 0. The standard InChI is InChI=1S/C22H25N3O3/c26-22(15-25-17-23-16-24-25,19-9-2-1-3-10-19)20-11-5-4-8-18(20)14-28-21-12-6-7-13-27-21/h1-5,8-11,16-17,21,26H,6-7,12-15H2. The molecule has 0 aliphatic carbocycles. The van der Waals surface area contributed by atoms with Crippen LogP contribution in [0.15, 0.2) is 67.3 Å². The molecule has 4 rings (SSSR count). The predicted molar refractivity (Wildman–Crippen MR) is 104 cm³/mol. The van der Waals surface area contributed by atoms with Gasteiger partial charge in [0.1, 0.15) is 18.3 Å². The van der Waals surface area contributed by atoms with E-state index < -0.39 is 5.60 Å². The molecule has 2 atom stereocenters. The van der Waals surface area contributed by atoms with E-state index in [2.05, 4.69) is 10.1 Å². The van der Waals surface area contributed by atoms with Crippen molar-refractivity contribution >= 4 is 0 Å². The summed E-state index contributed by atoms with van der Waals surface area (Å²) in [5.74, 6) is 0. The van der Waals surface area contributed by atoms with Crippen molar-refractivity contribution in [3.05, 3.63) is 83.9 Å². The Balaban J connectivity index is 1.66. The molecule has 146 valence electrons. The Bertz CT molecular complexity index is 864. The van der Waals surface area contributed by atoms with Gasteiger partial charge in [-0.25, -0.2) is 9.67 Å². The van der Waals surface area contributed by atoms with Gasteiger partial charge in [0.25, 0.3) is 0 Å². The van der Waals surface area contributed by atoms with E-state index in [9.17, 15) is 5.11 Å². The summed E-state index contributed by atoms with van der Waals surface area (Å²) in [6.07, 6.45) is 6.02. The second-order valence-electron chi connectivity index (χ2n) is 7.08. The van der Waals surface area contributed by atoms with Gasteiger partial charge in [0.15, 0.2) is 6.29 Å². The molecule has 0 saturated carbocycles. The van der Waals surface area contributed by atoms with E-state index in [1.54, 1.807) is 11.0 Å². The molecule has 0 amide bonds. The molecule has 0 spiro atoms. The average Bonchev–Trinajstić information content (AvgIpc) is 3.26. The highest BCUT2D eigenvalue weighted by atomic mass is 16.7. The number of ether oxygens (including phenoxy) is 2. The smallest absolute Gasteiger partial charge is 0.158 e. The van der Waals surface area contributed by atoms with Crippen LogP contribution in [-0.4, -0.2) is 32.8 Å². The van der Waals surface area contributed by atoms with Crippen molar-refractivity contribution < 1.29 is 14.6 Å². The first kappa shape index (κ1) is 18.8. The highest BCUT2D eigenvalue weighted by molar-refractivity contribution is 5.40. The van der Waals surface area contributed by atoms with Gasteiger partial charge in [-0.05, 0) is 36.0 Å². The largest absolute Gasteiger partial charge is 0.378 e. The molecule has 1 aliphatic heterocycles. The van der Waals surface area contributed by atoms with E-state index in [0.29, 0.717) is 6.61 Å². The van der Waals surface area contributed by atoms with Crippen LogP contribution in [0.4, 0.5) is 0 Å². The lowest BCUT2D eigenvalue weighted by Gasteiger charge is -2.31. The maximum absolute atomic E-state index is 11.9. The maximum Gasteiger partial charge on any atom is 0.158 e. The highest BCUT2D eigenvalue weighted by Crippen LogP contribution is 2.34. The molecule has 1 N–H and O–H groups in total. The third-order valence-corrected chi connectivity index (χ3v) is 5.13. The summed E-state index contributed by atoms with van der Waals surface area (Å²) in [6, 6.07) is 17.5. The van der Waals surface area contributed by atoms with E-state index in [0.717, 1.165) is 42.6 Å². The van der Waals surface area contributed by atoms with Crippen LogP contribution in [0.25, 0.3) is 0 Å². The van der Waals surface area contributed by atoms with E-state index in [4.69, 9.17) is 9.47 Å². The van der Waals surface area contributed by atoms with Crippen molar-refractivity contribution in [3.63, 3.8) is 0 Å². The molecular formula is C22H25N3O3. The molecule has 6 heteroatoms. The lowest BCUT2D eigenvalue weighted by Crippen LogP contribution is -2.34. The van der Waals surface area contributed by atoms with Crippen molar-refractivity contribution in [2.75, 3.05) is 6.61 Å². The minimum absolute atomic E-state index is 0.179. The van der Waals surface area contributed by atoms with E-state index in [1.165, 1.54) is 6.33 Å². The highest BCUT2D eigenvalue weighted by Gasteiger charge is 2.34. The summed E-state index contributed by atoms with van der Waals surface area (Å²) in [5.41, 5.74) is 1.27. The van der Waals surface area contributed by atoms with Gasteiger partial charge in [-0.15, -0.1) is 0 Å². The summed E-state index contributed by atoms with van der Waals surface area (Å²) in [6.45, 7) is 1.38. The van der Waals surface area contributed by atoms with Gasteiger partial charge >= 0.3 is 0 Å². The number of hydrogen-bond acceptors (Lipinski definition) is 5. The maximum atomic E-state index is 11.9. The number of aromatic nitrogens is 3. The molecule has 1 aliphatic rings. The zero-order valence-corrected chi connectivity index (χ0v) is 15.8. The third kappa shape index (κ3) is 4.14. The van der Waals surface area contributed by atoms with Crippen LogP contribution in [0.1, 0.15) is 36.0 Å². The number of rotatable bonds is 7. The lowest BCUT2D eigenvalue weighted by atomic mass is 9.83. The second kappa shape index (κ2) is 8.65. The van der Waals surface area contributed by atoms with Gasteiger partial charge in [-0.2, -0.15) is 5.10 Å². The Morgan fingerprint density at radius 2 is 1.93 bits per heavy atom. The van der Waals surface area contributed by atoms with E-state index in [-0.39, 0.29) is 12.8 Å². The molecule has 3 aromatic rings. The number of hydrogen-bond donors (Lipinski definition) is 1. The fourth-order valence-corrected chi connectivity index (χ4v) is 3.67. The van der Waals surface area contributed by atoms with Crippen molar-refractivity contribution in [1.29, 1.82) is 0 Å². The molecule has 6 nitrogen and oxygen atoms in total. The van der Waals surface area contributed by atoms with Crippen molar-refractivity contribution in [3.8, 4) is 0 Å². The number of benzene rings is 2. The van der Waals surface area contributed by atoms with Gasteiger partial charge in [-0.3, -0.25) is 0 Å². The minimum Gasteiger partial charge on any atom is -0.378 e. The fourth-order valence-electron chi connectivity index (χ4n) is 3.67. The Kier molecular flexibility index (Phi) is 5.81. The summed E-state index contributed by atoms with van der Waals surface area (Å²) >= 11 is 0. The van der Waals surface area contributed by atoms with Crippen molar-refractivity contribution in [1.82, 2.24) is 14.8 Å². The number of aliphatic hydroxyl groups is 1. The molecular weight excluding hydrogens is 354 g/mol. The Morgan fingerprint density at radius 1 is 1.11 bits per heavy atom. The van der Waals surface area contributed by atoms with Crippen LogP contribution in [0.2, 0.25) is 0 Å². The fraction of sp³-hybridized carbons (Fsp3) is 0.364. The summed E-state index contributed by atoms with van der Waals surface area (Å²) < 4.78 is 13.3. The van der Waals surface area contributed by atoms with Crippen molar-refractivity contribution in [2.24, 2.45) is 0 Å². The van der Waals surface area contributed by atoms with Gasteiger partial charge in [0.2, 0.25) is 0 Å². The van der Waals surface area contributed by atoms with Crippen LogP contribution in [0, 0.1) is 0 Å². The third-order valence-electron chi connectivity index (χ3n) is 5.13. The molecule has 0 radical (unpaired) electrons. The second-order valence-corrected chi connectivity index (χ2v) is 7.08. The normalized spacial score (nSPS) is 19.2. The van der Waals surface area contributed by atoms with E-state index >= 15 is 0 Å². The molecule has 1 aromatic heterocycles. The predicted octanol–water partition coefficient (Wildman–Crippen LogP) is 3.26. The van der Waals surface area contributed by atoms with Crippen molar-refractivity contribution in [2.45, 2.75) is 44.3 Å². The Labute approximate surface area is 164 Å². The van der Waals surface area contributed by atoms with Crippen LogP contribution in [0.3, 0.4) is 0 Å². The lowest BCUT2D eigenvalue weighted by molar-refractivity contribution is -0.169. The van der Waals surface area contributed by atoms with Crippen LogP contribution in [-0.2, 0) is 28.2 Å². The molecule has 28 heavy (non-hydrogen) atoms. The van der Waals surface area contributed by atoms with Crippen LogP contribution >= 0.6 is 0 Å². The summed E-state index contributed by atoms with van der Waals surface area (Å²) in [4.78, 5) is 4.01. The van der Waals surface area contributed by atoms with Gasteiger partial charge in [-0.1, -0.05) is 54.6 Å². The Morgan fingerprint density at radius 3 is 2.68 bits per heavy atom. The first-order chi connectivity index (χ1) is 13.8. The van der Waals surface area contributed by atoms with Gasteiger partial charge < -0.3 is 14.6 Å². The molecule has 1 fully saturated rings. The molecule has 0 bridgehead atoms. The average molecular weight is 379 g/mol. The minimum atomic E-state index is -1.26. The molecule has 1 saturated heterocycles. The Hall–Kier alpha value is -2.54. The number of nitrogens with zero attached hydrogens (tertiary/aromatic N) is 3. The summed E-state index contributed by atoms with van der Waals surface area (Å²) in [5, 5.41) is 16.1.